The van der Waals surface area contributed by atoms with Gasteiger partial charge in [-0.25, -0.2) is 0 Å². The van der Waals surface area contributed by atoms with E-state index >= 15 is 0 Å². The van der Waals surface area contributed by atoms with Gasteiger partial charge < -0.3 is 41.8 Å². The highest BCUT2D eigenvalue weighted by Gasteiger charge is 2.35. The minimum absolute atomic E-state index is 0.0397. The number of H-pyrrole nitrogens is 1. The molecular formula is C37H42N6O7. The van der Waals surface area contributed by atoms with Crippen molar-refractivity contribution in [1.29, 1.82) is 0 Å². The molecule has 13 heteroatoms. The molecule has 0 saturated carbocycles. The maximum Gasteiger partial charge on any atom is 0.243 e. The Morgan fingerprint density at radius 2 is 1.32 bits per heavy atom. The van der Waals surface area contributed by atoms with Crippen molar-refractivity contribution in [3.8, 4) is 0 Å². The Morgan fingerprint density at radius 3 is 2.00 bits per heavy atom. The van der Waals surface area contributed by atoms with Gasteiger partial charge in [0.2, 0.25) is 29.5 Å². The third-order valence-corrected chi connectivity index (χ3v) is 8.67. The molecule has 4 aromatic rings. The molecule has 2 heterocycles. The van der Waals surface area contributed by atoms with Crippen LogP contribution in [0.15, 0.2) is 91.1 Å². The van der Waals surface area contributed by atoms with Crippen LogP contribution >= 0.6 is 0 Å². The van der Waals surface area contributed by atoms with E-state index in [0.717, 1.165) is 27.6 Å². The average molecular weight is 683 g/mol. The Hall–Kier alpha value is -5.53. The van der Waals surface area contributed by atoms with Crippen LogP contribution in [0.3, 0.4) is 0 Å². The van der Waals surface area contributed by atoms with Crippen LogP contribution in [0.5, 0.6) is 0 Å². The number of aromatic nitrogens is 1. The molecule has 1 fully saturated rings. The molecular weight excluding hydrogens is 640 g/mol. The fourth-order valence-electron chi connectivity index (χ4n) is 5.98. The standard InChI is InChI=1S/C37H42N6O7/c44-21-27(22-45)41-35(48)29-18-33(46)42-32(17-25-19-38-30-14-8-7-13-28(25)30)37(50)43-31(16-24-11-5-2-6-12-24)36(49)40-26(20-39-34(29)47)15-23-9-3-1-4-10-23/h1-14,19,26-27,29,31-32,38,44-45H,15-18,20-22H2,(H,39,47)(H,40,49)(H,41,48)(H,42,46)(H,43,50)/t26-,29?,31?,32?/m1/s1. The minimum atomic E-state index is -1.57. The second-order valence-corrected chi connectivity index (χ2v) is 12.4. The molecule has 1 aliphatic heterocycles. The summed E-state index contributed by atoms with van der Waals surface area (Å²) in [6, 6.07) is 22.1. The number of hydrogen-bond donors (Lipinski definition) is 8. The smallest absolute Gasteiger partial charge is 0.243 e. The summed E-state index contributed by atoms with van der Waals surface area (Å²) in [6.45, 7) is -1.28. The minimum Gasteiger partial charge on any atom is -0.394 e. The number of aromatic amines is 1. The van der Waals surface area contributed by atoms with Crippen molar-refractivity contribution < 1.29 is 34.2 Å². The van der Waals surface area contributed by atoms with Crippen molar-refractivity contribution in [2.75, 3.05) is 19.8 Å². The van der Waals surface area contributed by atoms with E-state index in [0.29, 0.717) is 6.42 Å². The van der Waals surface area contributed by atoms with E-state index in [1.165, 1.54) is 0 Å². The largest absolute Gasteiger partial charge is 0.394 e. The van der Waals surface area contributed by atoms with Crippen LogP contribution in [0.4, 0.5) is 0 Å². The SMILES string of the molecule is O=C1CC(C(=O)NC(CO)CO)C(=O)NC[C@@H](Cc2ccccc2)NC(=O)C(Cc2ccccc2)NC(=O)C(Cc2c[nH]c3ccccc23)N1. The zero-order valence-corrected chi connectivity index (χ0v) is 27.4. The molecule has 3 aromatic carbocycles. The Labute approximate surface area is 289 Å². The first kappa shape index (κ1) is 35.8. The first-order valence-corrected chi connectivity index (χ1v) is 16.6. The van der Waals surface area contributed by atoms with Crippen LogP contribution in [0, 0.1) is 5.92 Å². The Morgan fingerprint density at radius 1 is 0.720 bits per heavy atom. The van der Waals surface area contributed by atoms with Gasteiger partial charge in [-0.05, 0) is 29.2 Å². The number of hydrogen-bond acceptors (Lipinski definition) is 7. The highest BCUT2D eigenvalue weighted by atomic mass is 16.3. The molecule has 4 atom stereocenters. The van der Waals surface area contributed by atoms with E-state index in [1.54, 1.807) is 6.20 Å². The van der Waals surface area contributed by atoms with Gasteiger partial charge in [0.25, 0.3) is 0 Å². The van der Waals surface area contributed by atoms with Gasteiger partial charge in [0.15, 0.2) is 0 Å². The lowest BCUT2D eigenvalue weighted by Gasteiger charge is -2.28. The lowest BCUT2D eigenvalue weighted by molar-refractivity contribution is -0.140. The topological polar surface area (TPSA) is 202 Å². The number of fused-ring (bicyclic) bond motifs is 1. The molecule has 8 N–H and O–H groups in total. The lowest BCUT2D eigenvalue weighted by Crippen LogP contribution is -2.58. The number of amides is 5. The quantitative estimate of drug-likeness (QED) is 0.110. The van der Waals surface area contributed by atoms with E-state index in [1.807, 2.05) is 84.9 Å². The van der Waals surface area contributed by atoms with E-state index < -0.39 is 79.3 Å². The summed E-state index contributed by atoms with van der Waals surface area (Å²) in [6.07, 6.45) is 1.64. The van der Waals surface area contributed by atoms with Crippen molar-refractivity contribution in [2.45, 2.75) is 49.9 Å². The maximum absolute atomic E-state index is 14.1. The summed E-state index contributed by atoms with van der Waals surface area (Å²) in [7, 11) is 0. The van der Waals surface area contributed by atoms with Gasteiger partial charge in [0.1, 0.15) is 18.0 Å². The number of rotatable bonds is 10. The van der Waals surface area contributed by atoms with E-state index in [9.17, 15) is 34.2 Å². The van der Waals surface area contributed by atoms with Gasteiger partial charge in [-0.2, -0.15) is 0 Å². The molecule has 13 nitrogen and oxygen atoms in total. The van der Waals surface area contributed by atoms with Gasteiger partial charge >= 0.3 is 0 Å². The molecule has 0 aliphatic carbocycles. The van der Waals surface area contributed by atoms with Gasteiger partial charge in [-0.3, -0.25) is 24.0 Å². The Bertz CT molecular complexity index is 1780. The molecule has 5 rings (SSSR count). The highest BCUT2D eigenvalue weighted by molar-refractivity contribution is 6.04. The molecule has 262 valence electrons. The molecule has 1 aliphatic rings. The van der Waals surface area contributed by atoms with Crippen molar-refractivity contribution in [3.63, 3.8) is 0 Å². The van der Waals surface area contributed by atoms with Crippen LogP contribution in [0.25, 0.3) is 10.9 Å². The number of para-hydroxylation sites is 1. The summed E-state index contributed by atoms with van der Waals surface area (Å²) >= 11 is 0. The lowest BCUT2D eigenvalue weighted by atomic mass is 9.98. The molecule has 0 spiro atoms. The summed E-state index contributed by atoms with van der Waals surface area (Å²) in [4.78, 5) is 71.7. The van der Waals surface area contributed by atoms with Crippen molar-refractivity contribution >= 4 is 40.4 Å². The number of aliphatic hydroxyl groups excluding tert-OH is 2. The summed E-state index contributed by atoms with van der Waals surface area (Å²) in [5.74, 6) is -5.13. The molecule has 1 saturated heterocycles. The van der Waals surface area contributed by atoms with Crippen LogP contribution < -0.4 is 26.6 Å². The van der Waals surface area contributed by atoms with Crippen LogP contribution in [0.2, 0.25) is 0 Å². The Kier molecular flexibility index (Phi) is 12.3. The fraction of sp³-hybridized carbons (Fsp3) is 0.324. The molecule has 0 radical (unpaired) electrons. The van der Waals surface area contributed by atoms with Gasteiger partial charge in [-0.15, -0.1) is 0 Å². The highest BCUT2D eigenvalue weighted by Crippen LogP contribution is 2.20. The third-order valence-electron chi connectivity index (χ3n) is 8.67. The number of carbonyl (C=O) groups excluding carboxylic acids is 5. The molecule has 5 amide bonds. The molecule has 50 heavy (non-hydrogen) atoms. The summed E-state index contributed by atoms with van der Waals surface area (Å²) in [5.41, 5.74) is 3.24. The normalized spacial score (nSPS) is 20.7. The number of aliphatic hydroxyl groups is 2. The van der Waals surface area contributed by atoms with Crippen molar-refractivity contribution in [1.82, 2.24) is 31.6 Å². The average Bonchev–Trinajstić information content (AvgIpc) is 3.54. The first-order chi connectivity index (χ1) is 24.2. The zero-order chi connectivity index (χ0) is 35.5. The van der Waals surface area contributed by atoms with Crippen LogP contribution in [0.1, 0.15) is 23.1 Å². The monoisotopic (exact) mass is 682 g/mol. The second-order valence-electron chi connectivity index (χ2n) is 12.4. The molecule has 0 bridgehead atoms. The molecule has 1 aromatic heterocycles. The van der Waals surface area contributed by atoms with Gasteiger partial charge in [0, 0.05) is 42.9 Å². The third kappa shape index (κ3) is 9.55. The predicted molar refractivity (Wildman–Crippen MR) is 185 cm³/mol. The summed E-state index contributed by atoms with van der Waals surface area (Å²) in [5, 5.41) is 33.6. The number of benzene rings is 3. The van der Waals surface area contributed by atoms with E-state index in [2.05, 4.69) is 31.6 Å². The molecule has 3 unspecified atom stereocenters. The van der Waals surface area contributed by atoms with Gasteiger partial charge in [-0.1, -0.05) is 78.9 Å². The predicted octanol–water partition coefficient (Wildman–Crippen LogP) is 0.256. The van der Waals surface area contributed by atoms with Crippen LogP contribution in [-0.2, 0) is 43.2 Å². The van der Waals surface area contributed by atoms with E-state index in [-0.39, 0.29) is 19.4 Å². The zero-order valence-electron chi connectivity index (χ0n) is 27.4. The second kappa shape index (κ2) is 17.2. The van der Waals surface area contributed by atoms with Crippen LogP contribution in [-0.4, -0.2) is 88.7 Å². The van der Waals surface area contributed by atoms with E-state index in [4.69, 9.17) is 0 Å². The van der Waals surface area contributed by atoms with Gasteiger partial charge in [0.05, 0.1) is 25.3 Å². The summed E-state index contributed by atoms with van der Waals surface area (Å²) < 4.78 is 0. The fourth-order valence-corrected chi connectivity index (χ4v) is 5.98. The number of nitrogens with one attached hydrogen (secondary N) is 6. The number of carbonyl (C=O) groups is 5. The maximum atomic E-state index is 14.1. The Balaban J connectivity index is 1.49. The first-order valence-electron chi connectivity index (χ1n) is 16.6. The van der Waals surface area contributed by atoms with Crippen molar-refractivity contribution in [2.24, 2.45) is 5.92 Å². The van der Waals surface area contributed by atoms with Crippen molar-refractivity contribution in [3.05, 3.63) is 108 Å².